The SMILES string of the molecule is Cc1ccc(NC(=O)/C=C2\C(=O)C3(C)CCC2C3(C)C)cc1. The largest absolute Gasteiger partial charge is 0.323 e. The lowest BCUT2D eigenvalue weighted by Crippen LogP contribution is -2.32. The number of hydrogen-bond acceptors (Lipinski definition) is 2. The van der Waals surface area contributed by atoms with Crippen molar-refractivity contribution in [3.05, 3.63) is 41.5 Å². The highest BCUT2D eigenvalue weighted by Crippen LogP contribution is 2.65. The Morgan fingerprint density at radius 2 is 1.86 bits per heavy atom. The predicted octanol–water partition coefficient (Wildman–Crippen LogP) is 3.89. The summed E-state index contributed by atoms with van der Waals surface area (Å²) in [6.45, 7) is 8.36. The van der Waals surface area contributed by atoms with Gasteiger partial charge < -0.3 is 5.32 Å². The lowest BCUT2D eigenvalue weighted by atomic mass is 9.70. The summed E-state index contributed by atoms with van der Waals surface area (Å²) >= 11 is 0. The molecule has 0 radical (unpaired) electrons. The van der Waals surface area contributed by atoms with Crippen LogP contribution in [0.25, 0.3) is 0 Å². The van der Waals surface area contributed by atoms with Crippen molar-refractivity contribution in [2.24, 2.45) is 16.7 Å². The van der Waals surface area contributed by atoms with E-state index in [0.29, 0.717) is 5.57 Å². The van der Waals surface area contributed by atoms with Crippen LogP contribution in [0.2, 0.25) is 0 Å². The summed E-state index contributed by atoms with van der Waals surface area (Å²) in [5.41, 5.74) is 2.25. The van der Waals surface area contributed by atoms with Gasteiger partial charge in [-0.3, -0.25) is 9.59 Å². The van der Waals surface area contributed by atoms with Crippen LogP contribution < -0.4 is 5.32 Å². The second-order valence-corrected chi connectivity index (χ2v) is 7.43. The van der Waals surface area contributed by atoms with Gasteiger partial charge in [-0.2, -0.15) is 0 Å². The lowest BCUT2D eigenvalue weighted by Gasteiger charge is -2.31. The van der Waals surface area contributed by atoms with Crippen molar-refractivity contribution in [2.45, 2.75) is 40.5 Å². The molecule has 3 heteroatoms. The Kier molecular flexibility index (Phi) is 3.28. The molecule has 2 unspecified atom stereocenters. The number of aryl methyl sites for hydroxylation is 1. The molecule has 0 aliphatic heterocycles. The average molecular weight is 297 g/mol. The fourth-order valence-corrected chi connectivity index (χ4v) is 4.05. The second kappa shape index (κ2) is 4.80. The first-order valence-corrected chi connectivity index (χ1v) is 7.90. The third-order valence-electron chi connectivity index (χ3n) is 5.97. The molecule has 0 heterocycles. The lowest BCUT2D eigenvalue weighted by molar-refractivity contribution is -0.125. The molecule has 3 rings (SSSR count). The zero-order valence-electron chi connectivity index (χ0n) is 13.7. The van der Waals surface area contributed by atoms with Crippen LogP contribution in [0.5, 0.6) is 0 Å². The first-order valence-electron chi connectivity index (χ1n) is 7.90. The zero-order chi connectivity index (χ0) is 16.1. The van der Waals surface area contributed by atoms with Crippen LogP contribution in [0.3, 0.4) is 0 Å². The standard InChI is InChI=1S/C19H23NO2/c1-12-5-7-13(8-6-12)20-16(21)11-14-15-9-10-19(4,17(14)22)18(15,2)3/h5-8,11,15H,9-10H2,1-4H3,(H,20,21)/b14-11-. The minimum atomic E-state index is -0.312. The van der Waals surface area contributed by atoms with Gasteiger partial charge in [0.1, 0.15) is 0 Å². The fraction of sp³-hybridized carbons (Fsp3) is 0.474. The predicted molar refractivity (Wildman–Crippen MR) is 87.5 cm³/mol. The minimum absolute atomic E-state index is 0.0555. The summed E-state index contributed by atoms with van der Waals surface area (Å²) in [6, 6.07) is 7.66. The summed E-state index contributed by atoms with van der Waals surface area (Å²) in [5, 5.41) is 2.85. The maximum absolute atomic E-state index is 12.7. The third kappa shape index (κ3) is 2.03. The summed E-state index contributed by atoms with van der Waals surface area (Å²) in [7, 11) is 0. The summed E-state index contributed by atoms with van der Waals surface area (Å²) in [6.07, 6.45) is 3.46. The van der Waals surface area contributed by atoms with Gasteiger partial charge >= 0.3 is 0 Å². The van der Waals surface area contributed by atoms with E-state index in [1.54, 1.807) is 0 Å². The molecule has 2 bridgehead atoms. The van der Waals surface area contributed by atoms with E-state index in [4.69, 9.17) is 0 Å². The van der Waals surface area contributed by atoms with Crippen LogP contribution in [-0.2, 0) is 9.59 Å². The molecule has 116 valence electrons. The quantitative estimate of drug-likeness (QED) is 0.842. The van der Waals surface area contributed by atoms with Crippen molar-refractivity contribution in [3.63, 3.8) is 0 Å². The molecule has 2 aliphatic carbocycles. The molecule has 2 fully saturated rings. The molecule has 1 aromatic rings. The van der Waals surface area contributed by atoms with E-state index in [2.05, 4.69) is 19.2 Å². The number of nitrogens with one attached hydrogen (secondary N) is 1. The molecule has 2 aliphatic rings. The highest BCUT2D eigenvalue weighted by atomic mass is 16.2. The normalized spacial score (nSPS) is 30.8. The van der Waals surface area contributed by atoms with Crippen LogP contribution in [0.4, 0.5) is 5.69 Å². The van der Waals surface area contributed by atoms with Crippen molar-refractivity contribution in [1.29, 1.82) is 0 Å². The second-order valence-electron chi connectivity index (χ2n) is 7.43. The van der Waals surface area contributed by atoms with Gasteiger partial charge in [-0.25, -0.2) is 0 Å². The number of rotatable bonds is 2. The molecular weight excluding hydrogens is 274 g/mol. The minimum Gasteiger partial charge on any atom is -0.323 e. The topological polar surface area (TPSA) is 46.2 Å². The molecule has 22 heavy (non-hydrogen) atoms. The number of carbonyl (C=O) groups is 2. The Balaban J connectivity index is 1.82. The van der Waals surface area contributed by atoms with E-state index >= 15 is 0 Å². The van der Waals surface area contributed by atoms with Crippen molar-refractivity contribution in [3.8, 4) is 0 Å². The molecule has 3 nitrogen and oxygen atoms in total. The highest BCUT2D eigenvalue weighted by molar-refractivity contribution is 6.11. The Hall–Kier alpha value is -1.90. The zero-order valence-corrected chi connectivity index (χ0v) is 13.7. The molecular formula is C19H23NO2. The summed E-state index contributed by atoms with van der Waals surface area (Å²) < 4.78 is 0. The van der Waals surface area contributed by atoms with Gasteiger partial charge in [-0.1, -0.05) is 38.5 Å². The molecule has 0 saturated heterocycles. The molecule has 2 atom stereocenters. The molecule has 2 saturated carbocycles. The summed E-state index contributed by atoms with van der Waals surface area (Å²) in [5.74, 6) is 0.153. The number of fused-ring (bicyclic) bond motifs is 2. The van der Waals surface area contributed by atoms with Crippen molar-refractivity contribution >= 4 is 17.4 Å². The highest BCUT2D eigenvalue weighted by Gasteiger charge is 2.63. The van der Waals surface area contributed by atoms with Crippen molar-refractivity contribution < 1.29 is 9.59 Å². The van der Waals surface area contributed by atoms with E-state index in [1.165, 1.54) is 6.08 Å². The molecule has 0 aromatic heterocycles. The van der Waals surface area contributed by atoms with Gasteiger partial charge in [0, 0.05) is 22.8 Å². The van der Waals surface area contributed by atoms with Gasteiger partial charge in [-0.15, -0.1) is 0 Å². The summed E-state index contributed by atoms with van der Waals surface area (Å²) in [4.78, 5) is 24.9. The third-order valence-corrected chi connectivity index (χ3v) is 5.97. The average Bonchev–Trinajstić information content (AvgIpc) is 2.76. The smallest absolute Gasteiger partial charge is 0.248 e. The number of amides is 1. The van der Waals surface area contributed by atoms with E-state index in [9.17, 15) is 9.59 Å². The Morgan fingerprint density at radius 3 is 2.41 bits per heavy atom. The van der Waals surface area contributed by atoms with Crippen LogP contribution >= 0.6 is 0 Å². The molecule has 1 amide bonds. The van der Waals surface area contributed by atoms with Gasteiger partial charge in [-0.05, 0) is 43.2 Å². The van der Waals surface area contributed by atoms with E-state index in [1.807, 2.05) is 38.1 Å². The van der Waals surface area contributed by atoms with Gasteiger partial charge in [0.25, 0.3) is 0 Å². The number of benzene rings is 1. The number of ketones is 1. The number of Topliss-reactive ketones (excluding diaryl/α,β-unsaturated/α-hetero) is 1. The van der Waals surface area contributed by atoms with Crippen LogP contribution in [0.1, 0.15) is 39.2 Å². The maximum atomic E-state index is 12.7. The van der Waals surface area contributed by atoms with E-state index in [0.717, 1.165) is 24.1 Å². The van der Waals surface area contributed by atoms with E-state index in [-0.39, 0.29) is 28.4 Å². The Labute approximate surface area is 131 Å². The Bertz CT molecular complexity index is 669. The number of anilines is 1. The van der Waals surface area contributed by atoms with Crippen molar-refractivity contribution in [1.82, 2.24) is 0 Å². The van der Waals surface area contributed by atoms with Crippen LogP contribution in [-0.4, -0.2) is 11.7 Å². The number of hydrogen-bond donors (Lipinski definition) is 1. The maximum Gasteiger partial charge on any atom is 0.248 e. The molecule has 1 N–H and O–H groups in total. The van der Waals surface area contributed by atoms with Crippen LogP contribution in [0.15, 0.2) is 35.9 Å². The monoisotopic (exact) mass is 297 g/mol. The number of allylic oxidation sites excluding steroid dienone is 1. The van der Waals surface area contributed by atoms with Crippen molar-refractivity contribution in [2.75, 3.05) is 5.32 Å². The first kappa shape index (κ1) is 15.0. The molecule has 1 aromatic carbocycles. The van der Waals surface area contributed by atoms with Gasteiger partial charge in [0.15, 0.2) is 5.78 Å². The van der Waals surface area contributed by atoms with Gasteiger partial charge in [0.05, 0.1) is 0 Å². The number of carbonyl (C=O) groups excluding carboxylic acids is 2. The Morgan fingerprint density at radius 1 is 1.23 bits per heavy atom. The molecule has 0 spiro atoms. The first-order chi connectivity index (χ1) is 10.3. The van der Waals surface area contributed by atoms with Gasteiger partial charge in [0.2, 0.25) is 5.91 Å². The van der Waals surface area contributed by atoms with Crippen LogP contribution in [0, 0.1) is 23.7 Å². The van der Waals surface area contributed by atoms with E-state index < -0.39 is 0 Å². The fourth-order valence-electron chi connectivity index (χ4n) is 4.05.